The largest absolute Gasteiger partial charge is 0.320 e. The van der Waals surface area contributed by atoms with Gasteiger partial charge in [0.2, 0.25) is 0 Å². The van der Waals surface area contributed by atoms with Crippen LogP contribution in [0.4, 0.5) is 5.69 Å². The lowest BCUT2D eigenvalue weighted by atomic mass is 10.1. The van der Waals surface area contributed by atoms with Gasteiger partial charge in [0.1, 0.15) is 0 Å². The first-order valence-corrected chi connectivity index (χ1v) is 8.25. The van der Waals surface area contributed by atoms with Crippen LogP contribution >= 0.6 is 0 Å². The number of nitrogens with one attached hydrogen (secondary N) is 1. The van der Waals surface area contributed by atoms with Crippen LogP contribution in [0.1, 0.15) is 38.4 Å². The number of amides is 1. The minimum Gasteiger partial charge on any atom is -0.320 e. The van der Waals surface area contributed by atoms with Crippen LogP contribution in [0.2, 0.25) is 0 Å². The Morgan fingerprint density at radius 1 is 0.920 bits per heavy atom. The average molecular weight is 334 g/mol. The molecule has 3 rings (SSSR count). The SMILES string of the molecule is Cc1ccc(C)c(NC(=O)c2nnn(-c3ccc(C)c(C)c3)c2C)c1. The van der Waals surface area contributed by atoms with Gasteiger partial charge in [0, 0.05) is 5.69 Å². The quantitative estimate of drug-likeness (QED) is 0.786. The molecule has 0 saturated carbocycles. The number of hydrogen-bond donors (Lipinski definition) is 1. The normalized spacial score (nSPS) is 10.8. The van der Waals surface area contributed by atoms with Crippen molar-refractivity contribution < 1.29 is 4.79 Å². The van der Waals surface area contributed by atoms with Gasteiger partial charge >= 0.3 is 0 Å². The number of nitrogens with zero attached hydrogens (tertiary/aromatic N) is 3. The van der Waals surface area contributed by atoms with E-state index >= 15 is 0 Å². The standard InChI is InChI=1S/C20H22N4O/c1-12-6-7-14(3)18(10-12)21-20(25)19-16(5)24(23-22-19)17-9-8-13(2)15(4)11-17/h6-11H,1-5H3,(H,21,25). The van der Waals surface area contributed by atoms with Gasteiger partial charge in [0.15, 0.2) is 5.69 Å². The van der Waals surface area contributed by atoms with Crippen molar-refractivity contribution in [2.45, 2.75) is 34.6 Å². The number of aromatic nitrogens is 3. The second-order valence-electron chi connectivity index (χ2n) is 6.48. The first-order valence-electron chi connectivity index (χ1n) is 8.25. The van der Waals surface area contributed by atoms with Crippen molar-refractivity contribution in [2.75, 3.05) is 5.32 Å². The molecule has 3 aromatic rings. The highest BCUT2D eigenvalue weighted by atomic mass is 16.2. The Morgan fingerprint density at radius 3 is 2.36 bits per heavy atom. The monoisotopic (exact) mass is 334 g/mol. The first kappa shape index (κ1) is 16.9. The van der Waals surface area contributed by atoms with Crippen molar-refractivity contribution in [3.63, 3.8) is 0 Å². The van der Waals surface area contributed by atoms with E-state index in [9.17, 15) is 4.79 Å². The predicted molar refractivity (Wildman–Crippen MR) is 99.4 cm³/mol. The molecular weight excluding hydrogens is 312 g/mol. The van der Waals surface area contributed by atoms with E-state index in [2.05, 4.69) is 29.5 Å². The molecule has 0 aliphatic heterocycles. The van der Waals surface area contributed by atoms with E-state index in [1.54, 1.807) is 4.68 Å². The van der Waals surface area contributed by atoms with Crippen molar-refractivity contribution in [3.8, 4) is 5.69 Å². The number of carbonyl (C=O) groups excluding carboxylic acids is 1. The zero-order chi connectivity index (χ0) is 18.1. The summed E-state index contributed by atoms with van der Waals surface area (Å²) < 4.78 is 1.70. The molecule has 0 aliphatic carbocycles. The fourth-order valence-corrected chi connectivity index (χ4v) is 2.69. The van der Waals surface area contributed by atoms with E-state index in [1.807, 2.05) is 57.2 Å². The van der Waals surface area contributed by atoms with Crippen LogP contribution in [-0.4, -0.2) is 20.9 Å². The maximum atomic E-state index is 12.6. The fraction of sp³-hybridized carbons (Fsp3) is 0.250. The summed E-state index contributed by atoms with van der Waals surface area (Å²) in [4.78, 5) is 12.6. The highest BCUT2D eigenvalue weighted by Crippen LogP contribution is 2.19. The molecule has 128 valence electrons. The Hall–Kier alpha value is -2.95. The van der Waals surface area contributed by atoms with Gasteiger partial charge in [-0.1, -0.05) is 23.4 Å². The maximum absolute atomic E-state index is 12.6. The average Bonchev–Trinajstić information content (AvgIpc) is 2.95. The third-order valence-electron chi connectivity index (χ3n) is 4.49. The van der Waals surface area contributed by atoms with E-state index in [1.165, 1.54) is 11.1 Å². The molecule has 0 aliphatic rings. The molecule has 5 nitrogen and oxygen atoms in total. The van der Waals surface area contributed by atoms with Gasteiger partial charge in [0.05, 0.1) is 11.4 Å². The third kappa shape index (κ3) is 3.31. The van der Waals surface area contributed by atoms with Crippen LogP contribution in [0.3, 0.4) is 0 Å². The number of hydrogen-bond acceptors (Lipinski definition) is 3. The van der Waals surface area contributed by atoms with Crippen molar-refractivity contribution in [1.29, 1.82) is 0 Å². The molecule has 0 unspecified atom stereocenters. The summed E-state index contributed by atoms with van der Waals surface area (Å²) in [6, 6.07) is 12.0. The summed E-state index contributed by atoms with van der Waals surface area (Å²) in [6.07, 6.45) is 0. The molecule has 0 bridgehead atoms. The topological polar surface area (TPSA) is 59.8 Å². The van der Waals surface area contributed by atoms with Crippen molar-refractivity contribution in [2.24, 2.45) is 0 Å². The minimum absolute atomic E-state index is 0.249. The van der Waals surface area contributed by atoms with E-state index in [4.69, 9.17) is 0 Å². The maximum Gasteiger partial charge on any atom is 0.278 e. The minimum atomic E-state index is -0.249. The molecule has 1 N–H and O–H groups in total. The third-order valence-corrected chi connectivity index (χ3v) is 4.49. The summed E-state index contributed by atoms with van der Waals surface area (Å²) in [6.45, 7) is 9.94. The summed E-state index contributed by atoms with van der Waals surface area (Å²) in [5.74, 6) is -0.249. The summed E-state index contributed by atoms with van der Waals surface area (Å²) in [5.41, 5.74) is 7.24. The lowest BCUT2D eigenvalue weighted by Crippen LogP contribution is -2.15. The van der Waals surface area contributed by atoms with Crippen LogP contribution in [0.15, 0.2) is 36.4 Å². The molecule has 1 amide bonds. The molecule has 5 heteroatoms. The number of anilines is 1. The van der Waals surface area contributed by atoms with Gasteiger partial charge < -0.3 is 5.32 Å². The Morgan fingerprint density at radius 2 is 1.64 bits per heavy atom. The van der Waals surface area contributed by atoms with Crippen LogP contribution in [0, 0.1) is 34.6 Å². The fourth-order valence-electron chi connectivity index (χ4n) is 2.69. The molecule has 1 aromatic heterocycles. The van der Waals surface area contributed by atoms with E-state index < -0.39 is 0 Å². The molecule has 0 fully saturated rings. The second-order valence-corrected chi connectivity index (χ2v) is 6.48. The smallest absolute Gasteiger partial charge is 0.278 e. The zero-order valence-electron chi connectivity index (χ0n) is 15.2. The Labute approximate surface area is 147 Å². The summed E-state index contributed by atoms with van der Waals surface area (Å²) in [5, 5.41) is 11.2. The van der Waals surface area contributed by atoms with Crippen molar-refractivity contribution >= 4 is 11.6 Å². The van der Waals surface area contributed by atoms with Gasteiger partial charge in [-0.2, -0.15) is 0 Å². The van der Waals surface area contributed by atoms with Crippen molar-refractivity contribution in [3.05, 3.63) is 70.0 Å². The van der Waals surface area contributed by atoms with E-state index in [0.717, 1.165) is 22.5 Å². The molecular formula is C20H22N4O. The van der Waals surface area contributed by atoms with Gasteiger partial charge in [0.25, 0.3) is 5.91 Å². The Bertz CT molecular complexity index is 956. The van der Waals surface area contributed by atoms with Crippen LogP contribution in [0.25, 0.3) is 5.69 Å². The Kier molecular flexibility index (Phi) is 4.40. The molecule has 0 radical (unpaired) electrons. The molecule has 25 heavy (non-hydrogen) atoms. The summed E-state index contributed by atoms with van der Waals surface area (Å²) in [7, 11) is 0. The van der Waals surface area contributed by atoms with Crippen LogP contribution in [0.5, 0.6) is 0 Å². The lowest BCUT2D eigenvalue weighted by Gasteiger charge is -2.09. The highest BCUT2D eigenvalue weighted by Gasteiger charge is 2.18. The zero-order valence-corrected chi connectivity index (χ0v) is 15.2. The van der Waals surface area contributed by atoms with Gasteiger partial charge in [-0.25, -0.2) is 4.68 Å². The molecule has 0 saturated heterocycles. The molecule has 2 aromatic carbocycles. The Balaban J connectivity index is 1.91. The first-order chi connectivity index (χ1) is 11.9. The molecule has 1 heterocycles. The number of carbonyl (C=O) groups is 1. The number of aryl methyl sites for hydroxylation is 4. The molecule has 0 spiro atoms. The number of rotatable bonds is 3. The number of benzene rings is 2. The van der Waals surface area contributed by atoms with Gasteiger partial charge in [-0.15, -0.1) is 5.10 Å². The van der Waals surface area contributed by atoms with Crippen LogP contribution < -0.4 is 5.32 Å². The van der Waals surface area contributed by atoms with Gasteiger partial charge in [-0.3, -0.25) is 4.79 Å². The van der Waals surface area contributed by atoms with E-state index in [-0.39, 0.29) is 5.91 Å². The lowest BCUT2D eigenvalue weighted by molar-refractivity contribution is 0.102. The summed E-state index contributed by atoms with van der Waals surface area (Å²) >= 11 is 0. The van der Waals surface area contributed by atoms with Gasteiger partial charge in [-0.05, 0) is 75.1 Å². The molecule has 0 atom stereocenters. The predicted octanol–water partition coefficient (Wildman–Crippen LogP) is 4.06. The highest BCUT2D eigenvalue weighted by molar-refractivity contribution is 6.04. The second kappa shape index (κ2) is 6.51. The van der Waals surface area contributed by atoms with Crippen molar-refractivity contribution in [1.82, 2.24) is 15.0 Å². The van der Waals surface area contributed by atoms with E-state index in [0.29, 0.717) is 11.4 Å². The van der Waals surface area contributed by atoms with Crippen LogP contribution in [-0.2, 0) is 0 Å².